The number of fused-ring (bicyclic) bond motifs is 1. The number of hydrogen-bond donors (Lipinski definition) is 0. The predicted molar refractivity (Wildman–Crippen MR) is 122 cm³/mol. The molecule has 5 rings (SSSR count). The molecule has 32 heavy (non-hydrogen) atoms. The average Bonchev–Trinajstić information content (AvgIpc) is 3.55. The standard InChI is InChI=1S/C26H24N2O4/c1-30-24-12-9-17(14-25(24)31-2)23-15-21(20-7-3-4-8-22(20)27-23)26(29)28(18-10-11-18)16-19-6-5-13-32-19/h3-9,12-15,18H,10-11,16H2,1-2H3. The molecule has 0 aliphatic heterocycles. The van der Waals surface area contributed by atoms with Gasteiger partial charge in [-0.1, -0.05) is 18.2 Å². The van der Waals surface area contributed by atoms with Gasteiger partial charge in [-0.3, -0.25) is 4.79 Å². The van der Waals surface area contributed by atoms with E-state index in [1.807, 2.05) is 65.6 Å². The highest BCUT2D eigenvalue weighted by atomic mass is 16.5. The molecule has 1 aliphatic carbocycles. The van der Waals surface area contributed by atoms with Gasteiger partial charge in [0.2, 0.25) is 0 Å². The first kappa shape index (κ1) is 20.1. The first-order valence-corrected chi connectivity index (χ1v) is 10.6. The van der Waals surface area contributed by atoms with E-state index in [9.17, 15) is 4.79 Å². The summed E-state index contributed by atoms with van der Waals surface area (Å²) in [4.78, 5) is 20.5. The minimum Gasteiger partial charge on any atom is -0.493 e. The summed E-state index contributed by atoms with van der Waals surface area (Å²) in [7, 11) is 3.21. The van der Waals surface area contributed by atoms with Gasteiger partial charge in [0.25, 0.3) is 5.91 Å². The molecule has 0 unspecified atom stereocenters. The van der Waals surface area contributed by atoms with Crippen LogP contribution in [-0.2, 0) is 6.54 Å². The highest BCUT2D eigenvalue weighted by molar-refractivity contribution is 6.07. The summed E-state index contributed by atoms with van der Waals surface area (Å²) in [6.07, 6.45) is 3.66. The lowest BCUT2D eigenvalue weighted by Crippen LogP contribution is -2.32. The fraction of sp³-hybridized carbons (Fsp3) is 0.231. The molecule has 1 amide bonds. The maximum atomic E-state index is 13.8. The van der Waals surface area contributed by atoms with Crippen molar-refractivity contribution >= 4 is 16.8 Å². The number of carbonyl (C=O) groups excluding carboxylic acids is 1. The van der Waals surface area contributed by atoms with Crippen LogP contribution in [0.5, 0.6) is 11.5 Å². The molecule has 4 aromatic rings. The van der Waals surface area contributed by atoms with Gasteiger partial charge in [-0.05, 0) is 55.3 Å². The van der Waals surface area contributed by atoms with Crippen LogP contribution in [0, 0.1) is 0 Å². The van der Waals surface area contributed by atoms with Crippen molar-refractivity contribution in [1.29, 1.82) is 0 Å². The number of para-hydroxylation sites is 1. The lowest BCUT2D eigenvalue weighted by atomic mass is 10.0. The van der Waals surface area contributed by atoms with Gasteiger partial charge in [-0.25, -0.2) is 4.98 Å². The van der Waals surface area contributed by atoms with Crippen molar-refractivity contribution in [1.82, 2.24) is 9.88 Å². The molecule has 6 nitrogen and oxygen atoms in total. The van der Waals surface area contributed by atoms with Gasteiger partial charge in [0.05, 0.1) is 43.8 Å². The molecule has 2 aromatic heterocycles. The highest BCUT2D eigenvalue weighted by Gasteiger charge is 2.34. The van der Waals surface area contributed by atoms with Crippen molar-refractivity contribution in [3.63, 3.8) is 0 Å². The largest absolute Gasteiger partial charge is 0.493 e. The van der Waals surface area contributed by atoms with Crippen molar-refractivity contribution in [3.05, 3.63) is 78.3 Å². The Bertz CT molecular complexity index is 1260. The monoisotopic (exact) mass is 428 g/mol. The second-order valence-electron chi connectivity index (χ2n) is 7.89. The Hall–Kier alpha value is -3.80. The fourth-order valence-electron chi connectivity index (χ4n) is 3.97. The molecule has 1 aliphatic rings. The summed E-state index contributed by atoms with van der Waals surface area (Å²) in [5, 5.41) is 0.840. The van der Waals surface area contributed by atoms with Crippen LogP contribution in [0.2, 0.25) is 0 Å². The van der Waals surface area contributed by atoms with Crippen molar-refractivity contribution < 1.29 is 18.7 Å². The summed E-state index contributed by atoms with van der Waals surface area (Å²) < 4.78 is 16.3. The molecule has 1 saturated carbocycles. The molecule has 1 fully saturated rings. The Morgan fingerprint density at radius 1 is 1.03 bits per heavy atom. The average molecular weight is 428 g/mol. The zero-order valence-electron chi connectivity index (χ0n) is 18.1. The van der Waals surface area contributed by atoms with Crippen molar-refractivity contribution in [2.75, 3.05) is 14.2 Å². The Balaban J connectivity index is 1.60. The fourth-order valence-corrected chi connectivity index (χ4v) is 3.97. The predicted octanol–water partition coefficient (Wildman–Crippen LogP) is 5.32. The first-order chi connectivity index (χ1) is 15.7. The van der Waals surface area contributed by atoms with Crippen LogP contribution >= 0.6 is 0 Å². The normalized spacial score (nSPS) is 13.2. The molecule has 0 atom stereocenters. The van der Waals surface area contributed by atoms with Crippen LogP contribution in [0.4, 0.5) is 0 Å². The molecular weight excluding hydrogens is 404 g/mol. The van der Waals surface area contributed by atoms with Crippen LogP contribution in [0.25, 0.3) is 22.2 Å². The smallest absolute Gasteiger partial charge is 0.255 e. The van der Waals surface area contributed by atoms with Crippen LogP contribution in [0.1, 0.15) is 29.0 Å². The second-order valence-corrected chi connectivity index (χ2v) is 7.89. The number of carbonyl (C=O) groups is 1. The Morgan fingerprint density at radius 2 is 1.84 bits per heavy atom. The number of nitrogens with zero attached hydrogens (tertiary/aromatic N) is 2. The molecule has 0 radical (unpaired) electrons. The number of methoxy groups -OCH3 is 2. The van der Waals surface area contributed by atoms with Gasteiger partial charge >= 0.3 is 0 Å². The Kier molecular flexibility index (Phi) is 5.27. The molecule has 2 aromatic carbocycles. The summed E-state index contributed by atoms with van der Waals surface area (Å²) in [5.41, 5.74) is 2.98. The number of ether oxygens (including phenoxy) is 2. The van der Waals surface area contributed by atoms with Crippen molar-refractivity contribution in [3.8, 4) is 22.8 Å². The minimum absolute atomic E-state index is 0.00998. The van der Waals surface area contributed by atoms with Crippen LogP contribution in [0.3, 0.4) is 0 Å². The molecule has 0 saturated heterocycles. The summed E-state index contributed by atoms with van der Waals surface area (Å²) in [5.74, 6) is 2.03. The van der Waals surface area contributed by atoms with E-state index < -0.39 is 0 Å². The zero-order chi connectivity index (χ0) is 22.1. The lowest BCUT2D eigenvalue weighted by Gasteiger charge is -2.22. The van der Waals surface area contributed by atoms with E-state index in [0.29, 0.717) is 29.3 Å². The van der Waals surface area contributed by atoms with Crippen LogP contribution in [0.15, 0.2) is 71.3 Å². The maximum absolute atomic E-state index is 13.8. The van der Waals surface area contributed by atoms with E-state index in [-0.39, 0.29) is 11.9 Å². The Labute approximate surface area is 186 Å². The van der Waals surface area contributed by atoms with E-state index >= 15 is 0 Å². The number of furan rings is 1. The molecule has 2 heterocycles. The third-order valence-electron chi connectivity index (χ3n) is 5.78. The van der Waals surface area contributed by atoms with Gasteiger partial charge in [-0.2, -0.15) is 0 Å². The molecule has 0 spiro atoms. The third-order valence-corrected chi connectivity index (χ3v) is 5.78. The van der Waals surface area contributed by atoms with E-state index in [0.717, 1.165) is 35.1 Å². The third kappa shape index (κ3) is 3.80. The molecule has 162 valence electrons. The number of benzene rings is 2. The minimum atomic E-state index is -0.00998. The molecular formula is C26H24N2O4. The first-order valence-electron chi connectivity index (χ1n) is 10.6. The van der Waals surface area contributed by atoms with E-state index in [2.05, 4.69) is 0 Å². The van der Waals surface area contributed by atoms with Crippen LogP contribution < -0.4 is 9.47 Å². The Morgan fingerprint density at radius 3 is 2.56 bits per heavy atom. The van der Waals surface area contributed by atoms with E-state index in [1.54, 1.807) is 20.5 Å². The van der Waals surface area contributed by atoms with Crippen molar-refractivity contribution in [2.24, 2.45) is 0 Å². The number of aromatic nitrogens is 1. The maximum Gasteiger partial charge on any atom is 0.255 e. The second kappa shape index (κ2) is 8.38. The molecule has 0 N–H and O–H groups in total. The van der Waals surface area contributed by atoms with Crippen LogP contribution in [-0.4, -0.2) is 36.1 Å². The number of pyridine rings is 1. The number of rotatable bonds is 7. The van der Waals surface area contributed by atoms with E-state index in [4.69, 9.17) is 18.9 Å². The van der Waals surface area contributed by atoms with Crippen molar-refractivity contribution in [2.45, 2.75) is 25.4 Å². The van der Waals surface area contributed by atoms with E-state index in [1.165, 1.54) is 0 Å². The highest BCUT2D eigenvalue weighted by Crippen LogP contribution is 2.35. The van der Waals surface area contributed by atoms with Gasteiger partial charge in [0.15, 0.2) is 11.5 Å². The zero-order valence-corrected chi connectivity index (χ0v) is 18.1. The van der Waals surface area contributed by atoms with Gasteiger partial charge in [-0.15, -0.1) is 0 Å². The lowest BCUT2D eigenvalue weighted by molar-refractivity contribution is 0.0719. The number of amides is 1. The number of hydrogen-bond acceptors (Lipinski definition) is 5. The molecule has 0 bridgehead atoms. The van der Waals surface area contributed by atoms with Gasteiger partial charge < -0.3 is 18.8 Å². The van der Waals surface area contributed by atoms with Gasteiger partial charge in [0.1, 0.15) is 5.76 Å². The SMILES string of the molecule is COc1ccc(-c2cc(C(=O)N(Cc3ccco3)C3CC3)c3ccccc3n2)cc1OC. The quantitative estimate of drug-likeness (QED) is 0.399. The summed E-state index contributed by atoms with van der Waals surface area (Å²) in [6.45, 7) is 0.457. The summed E-state index contributed by atoms with van der Waals surface area (Å²) >= 11 is 0. The topological polar surface area (TPSA) is 64.8 Å². The summed E-state index contributed by atoms with van der Waals surface area (Å²) in [6, 6.07) is 19.3. The van der Waals surface area contributed by atoms with Gasteiger partial charge in [0, 0.05) is 17.0 Å². The molecule has 6 heteroatoms.